The van der Waals surface area contributed by atoms with E-state index in [2.05, 4.69) is 30.2 Å². The standard InChI is InChI=1S/C16H16N6O2/c23-15(20-12-8-17-10-18-9-12)11-3-6-22(7-4-11)16-21-14-13(24-16)2-1-5-19-14/h1-2,5,8-11H,3-4,6-7H2,(H,20,23). The van der Waals surface area contributed by atoms with Crippen molar-refractivity contribution >= 4 is 28.8 Å². The summed E-state index contributed by atoms with van der Waals surface area (Å²) in [6, 6.07) is 4.24. The van der Waals surface area contributed by atoms with Gasteiger partial charge in [0.05, 0.1) is 18.1 Å². The number of hydrogen-bond acceptors (Lipinski definition) is 7. The molecule has 4 heterocycles. The molecule has 1 N–H and O–H groups in total. The van der Waals surface area contributed by atoms with Crippen molar-refractivity contribution in [1.29, 1.82) is 0 Å². The SMILES string of the molecule is O=C(Nc1cncnc1)C1CCN(c2nc3ncccc3o2)CC1. The van der Waals surface area contributed by atoms with Gasteiger partial charge in [-0.3, -0.25) is 4.79 Å². The van der Waals surface area contributed by atoms with Crippen LogP contribution < -0.4 is 10.2 Å². The van der Waals surface area contributed by atoms with E-state index in [9.17, 15) is 4.79 Å². The van der Waals surface area contributed by atoms with Crippen LogP contribution in [0.3, 0.4) is 0 Å². The Morgan fingerprint density at radius 3 is 2.79 bits per heavy atom. The number of oxazole rings is 1. The average molecular weight is 324 g/mol. The highest BCUT2D eigenvalue weighted by Crippen LogP contribution is 2.26. The highest BCUT2D eigenvalue weighted by molar-refractivity contribution is 5.92. The molecule has 0 aromatic carbocycles. The molecule has 0 unspecified atom stereocenters. The van der Waals surface area contributed by atoms with E-state index >= 15 is 0 Å². The topological polar surface area (TPSA) is 97.0 Å². The van der Waals surface area contributed by atoms with Crippen LogP contribution in [0, 0.1) is 5.92 Å². The summed E-state index contributed by atoms with van der Waals surface area (Å²) in [5.41, 5.74) is 1.91. The minimum Gasteiger partial charge on any atom is -0.422 e. The van der Waals surface area contributed by atoms with Gasteiger partial charge in [-0.25, -0.2) is 15.0 Å². The van der Waals surface area contributed by atoms with Gasteiger partial charge in [-0.1, -0.05) is 0 Å². The lowest BCUT2D eigenvalue weighted by Gasteiger charge is -2.29. The van der Waals surface area contributed by atoms with Gasteiger partial charge in [0.2, 0.25) is 11.6 Å². The zero-order chi connectivity index (χ0) is 16.4. The van der Waals surface area contributed by atoms with Gasteiger partial charge in [0.15, 0.2) is 5.58 Å². The number of rotatable bonds is 3. The molecule has 1 saturated heterocycles. The van der Waals surface area contributed by atoms with Crippen molar-refractivity contribution in [2.24, 2.45) is 5.92 Å². The number of carbonyl (C=O) groups is 1. The molecule has 24 heavy (non-hydrogen) atoms. The molecule has 0 bridgehead atoms. The van der Waals surface area contributed by atoms with Crippen molar-refractivity contribution in [1.82, 2.24) is 19.9 Å². The largest absolute Gasteiger partial charge is 0.422 e. The summed E-state index contributed by atoms with van der Waals surface area (Å²) in [5.74, 6) is -0.0346. The van der Waals surface area contributed by atoms with E-state index in [0.29, 0.717) is 22.9 Å². The normalized spacial score (nSPS) is 15.6. The van der Waals surface area contributed by atoms with Crippen molar-refractivity contribution in [3.8, 4) is 0 Å². The van der Waals surface area contributed by atoms with Crippen molar-refractivity contribution < 1.29 is 9.21 Å². The van der Waals surface area contributed by atoms with Gasteiger partial charge in [-0.15, -0.1) is 0 Å². The summed E-state index contributed by atoms with van der Waals surface area (Å²) >= 11 is 0. The first-order chi connectivity index (χ1) is 11.8. The van der Waals surface area contributed by atoms with Crippen LogP contribution in [0.15, 0.2) is 41.5 Å². The number of nitrogens with zero attached hydrogens (tertiary/aromatic N) is 5. The van der Waals surface area contributed by atoms with E-state index < -0.39 is 0 Å². The van der Waals surface area contributed by atoms with Crippen LogP contribution in [-0.2, 0) is 4.79 Å². The minimum atomic E-state index is -0.0380. The third-order valence-corrected chi connectivity index (χ3v) is 4.12. The third kappa shape index (κ3) is 2.90. The zero-order valence-corrected chi connectivity index (χ0v) is 12.9. The fraction of sp³-hybridized carbons (Fsp3) is 0.312. The molecule has 8 heteroatoms. The molecule has 1 fully saturated rings. The third-order valence-electron chi connectivity index (χ3n) is 4.12. The molecule has 1 amide bonds. The first-order valence-corrected chi connectivity index (χ1v) is 7.82. The number of anilines is 2. The number of hydrogen-bond donors (Lipinski definition) is 1. The lowest BCUT2D eigenvalue weighted by atomic mass is 9.96. The van der Waals surface area contributed by atoms with Crippen LogP contribution in [0.5, 0.6) is 0 Å². The summed E-state index contributed by atoms with van der Waals surface area (Å²) in [7, 11) is 0. The van der Waals surface area contributed by atoms with Crippen molar-refractivity contribution in [2.45, 2.75) is 12.8 Å². The highest BCUT2D eigenvalue weighted by atomic mass is 16.4. The molecule has 0 spiro atoms. The first kappa shape index (κ1) is 14.6. The van der Waals surface area contributed by atoms with E-state index in [4.69, 9.17) is 4.42 Å². The monoisotopic (exact) mass is 324 g/mol. The van der Waals surface area contributed by atoms with Crippen molar-refractivity contribution in [2.75, 3.05) is 23.3 Å². The number of piperidine rings is 1. The van der Waals surface area contributed by atoms with Gasteiger partial charge in [-0.05, 0) is 25.0 Å². The Kier molecular flexibility index (Phi) is 3.78. The zero-order valence-electron chi connectivity index (χ0n) is 12.9. The second-order valence-corrected chi connectivity index (χ2v) is 5.70. The molecular formula is C16H16N6O2. The van der Waals surface area contributed by atoms with Gasteiger partial charge >= 0.3 is 0 Å². The lowest BCUT2D eigenvalue weighted by Crippen LogP contribution is -2.38. The Morgan fingerprint density at radius 1 is 1.25 bits per heavy atom. The van der Waals surface area contributed by atoms with Gasteiger partial charge < -0.3 is 14.6 Å². The molecule has 1 aliphatic heterocycles. The van der Waals surface area contributed by atoms with Crippen LogP contribution in [-0.4, -0.2) is 38.9 Å². The maximum absolute atomic E-state index is 12.3. The second kappa shape index (κ2) is 6.23. The predicted octanol–water partition coefficient (Wildman–Crippen LogP) is 1.87. The Morgan fingerprint density at radius 2 is 2.04 bits per heavy atom. The van der Waals surface area contributed by atoms with Gasteiger partial charge in [0.1, 0.15) is 6.33 Å². The van der Waals surface area contributed by atoms with Gasteiger partial charge in [-0.2, -0.15) is 4.98 Å². The van der Waals surface area contributed by atoms with Gasteiger partial charge in [0.25, 0.3) is 6.01 Å². The van der Waals surface area contributed by atoms with Crippen LogP contribution in [0.2, 0.25) is 0 Å². The molecular weight excluding hydrogens is 308 g/mol. The number of nitrogens with one attached hydrogen (secondary N) is 1. The van der Waals surface area contributed by atoms with Crippen LogP contribution in [0.1, 0.15) is 12.8 Å². The molecule has 0 radical (unpaired) electrons. The highest BCUT2D eigenvalue weighted by Gasteiger charge is 2.27. The van der Waals surface area contributed by atoms with Gasteiger partial charge in [0, 0.05) is 25.2 Å². The molecule has 3 aromatic rings. The molecule has 122 valence electrons. The predicted molar refractivity (Wildman–Crippen MR) is 87.4 cm³/mol. The Balaban J connectivity index is 1.38. The maximum atomic E-state index is 12.3. The summed E-state index contributed by atoms with van der Waals surface area (Å²) in [6.07, 6.45) is 7.79. The Bertz CT molecular complexity index is 809. The Labute approximate surface area is 137 Å². The molecule has 0 aliphatic carbocycles. The fourth-order valence-electron chi connectivity index (χ4n) is 2.83. The van der Waals surface area contributed by atoms with Crippen LogP contribution in [0.25, 0.3) is 11.2 Å². The average Bonchev–Trinajstić information content (AvgIpc) is 3.07. The fourth-order valence-corrected chi connectivity index (χ4v) is 2.83. The van der Waals surface area contributed by atoms with E-state index in [1.54, 1.807) is 18.6 Å². The van der Waals surface area contributed by atoms with Crippen LogP contribution >= 0.6 is 0 Å². The minimum absolute atomic E-state index is 0.00341. The smallest absolute Gasteiger partial charge is 0.299 e. The molecule has 0 atom stereocenters. The number of pyridine rings is 1. The molecule has 3 aromatic heterocycles. The van der Waals surface area contributed by atoms with E-state index in [1.807, 2.05) is 12.1 Å². The van der Waals surface area contributed by atoms with Crippen molar-refractivity contribution in [3.63, 3.8) is 0 Å². The van der Waals surface area contributed by atoms with E-state index in [1.165, 1.54) is 6.33 Å². The maximum Gasteiger partial charge on any atom is 0.299 e. The molecule has 4 rings (SSSR count). The lowest BCUT2D eigenvalue weighted by molar-refractivity contribution is -0.120. The Hall–Kier alpha value is -3.03. The molecule has 8 nitrogen and oxygen atoms in total. The molecule has 0 saturated carbocycles. The summed E-state index contributed by atoms with van der Waals surface area (Å²) < 4.78 is 5.73. The van der Waals surface area contributed by atoms with E-state index in [-0.39, 0.29) is 11.8 Å². The van der Waals surface area contributed by atoms with E-state index in [0.717, 1.165) is 25.9 Å². The quantitative estimate of drug-likeness (QED) is 0.785. The summed E-state index contributed by atoms with van der Waals surface area (Å²) in [5, 5.41) is 2.86. The summed E-state index contributed by atoms with van der Waals surface area (Å²) in [6.45, 7) is 1.44. The second-order valence-electron chi connectivity index (χ2n) is 5.70. The first-order valence-electron chi connectivity index (χ1n) is 7.82. The number of carbonyl (C=O) groups excluding carboxylic acids is 1. The summed E-state index contributed by atoms with van der Waals surface area (Å²) in [4.78, 5) is 30.7. The number of fused-ring (bicyclic) bond motifs is 1. The number of amides is 1. The number of aromatic nitrogens is 4. The molecule has 1 aliphatic rings. The van der Waals surface area contributed by atoms with Crippen LogP contribution in [0.4, 0.5) is 11.7 Å². The van der Waals surface area contributed by atoms with Crippen molar-refractivity contribution in [3.05, 3.63) is 37.1 Å².